The van der Waals surface area contributed by atoms with Gasteiger partial charge in [0.05, 0.1) is 0 Å². The molecule has 1 unspecified atom stereocenters. The van der Waals surface area contributed by atoms with E-state index in [1.807, 2.05) is 0 Å². The quantitative estimate of drug-likeness (QED) is 0.624. The summed E-state index contributed by atoms with van der Waals surface area (Å²) in [5, 5.41) is 6.16. The molecule has 1 aliphatic rings. The summed E-state index contributed by atoms with van der Waals surface area (Å²) in [5.74, 6) is 1.48. The van der Waals surface area contributed by atoms with E-state index >= 15 is 0 Å². The van der Waals surface area contributed by atoms with Gasteiger partial charge >= 0.3 is 0 Å². The molecule has 3 aromatic carbocycles. The zero-order chi connectivity index (χ0) is 17.4. The first-order chi connectivity index (χ1) is 12.0. The summed E-state index contributed by atoms with van der Waals surface area (Å²) in [6.07, 6.45) is 1.13. The summed E-state index contributed by atoms with van der Waals surface area (Å²) >= 11 is 0. The lowest BCUT2D eigenvalue weighted by atomic mass is 9.82. The molecule has 2 nitrogen and oxygen atoms in total. The molecule has 0 aliphatic carbocycles. The van der Waals surface area contributed by atoms with Gasteiger partial charge in [-0.25, -0.2) is 0 Å². The molecule has 0 amide bonds. The van der Waals surface area contributed by atoms with Gasteiger partial charge in [-0.3, -0.25) is 0 Å². The highest BCUT2D eigenvalue weighted by Gasteiger charge is 2.29. The lowest BCUT2D eigenvalue weighted by Crippen LogP contribution is -2.36. The largest absolute Gasteiger partial charge is 0.489 e. The maximum atomic E-state index is 6.14. The monoisotopic (exact) mass is 331 g/mol. The fourth-order valence-electron chi connectivity index (χ4n) is 4.02. The van der Waals surface area contributed by atoms with Crippen molar-refractivity contribution in [1.82, 2.24) is 0 Å². The van der Waals surface area contributed by atoms with Crippen molar-refractivity contribution in [2.24, 2.45) is 0 Å². The van der Waals surface area contributed by atoms with Gasteiger partial charge in [0.1, 0.15) is 12.4 Å². The van der Waals surface area contributed by atoms with E-state index in [-0.39, 0.29) is 5.54 Å². The molecule has 1 N–H and O–H groups in total. The maximum Gasteiger partial charge on any atom is 0.120 e. The SMILES string of the molecule is CC1CC(C)(C)Nc2ccc(OCc3cccc4ccccc34)cc21. The second-order valence-corrected chi connectivity index (χ2v) is 7.79. The Morgan fingerprint density at radius 3 is 2.72 bits per heavy atom. The summed E-state index contributed by atoms with van der Waals surface area (Å²) in [4.78, 5) is 0. The number of fused-ring (bicyclic) bond motifs is 2. The van der Waals surface area contributed by atoms with Crippen LogP contribution in [0.2, 0.25) is 0 Å². The van der Waals surface area contributed by atoms with E-state index in [1.54, 1.807) is 0 Å². The number of nitrogens with one attached hydrogen (secondary N) is 1. The molecular formula is C23H25NO. The number of rotatable bonds is 3. The van der Waals surface area contributed by atoms with Gasteiger partial charge in [0.25, 0.3) is 0 Å². The number of hydrogen-bond acceptors (Lipinski definition) is 2. The molecule has 128 valence electrons. The van der Waals surface area contributed by atoms with Crippen molar-refractivity contribution in [2.45, 2.75) is 45.3 Å². The Labute approximate surface area is 149 Å². The average molecular weight is 331 g/mol. The Morgan fingerprint density at radius 1 is 1.04 bits per heavy atom. The first kappa shape index (κ1) is 16.0. The maximum absolute atomic E-state index is 6.14. The van der Waals surface area contributed by atoms with Crippen molar-refractivity contribution < 1.29 is 4.74 Å². The Kier molecular flexibility index (Phi) is 3.91. The van der Waals surface area contributed by atoms with E-state index in [1.165, 1.54) is 27.6 Å². The molecular weight excluding hydrogens is 306 g/mol. The molecule has 1 atom stereocenters. The van der Waals surface area contributed by atoms with Crippen molar-refractivity contribution in [3.05, 3.63) is 71.8 Å². The van der Waals surface area contributed by atoms with Crippen LogP contribution in [0.4, 0.5) is 5.69 Å². The van der Waals surface area contributed by atoms with Gasteiger partial charge in [-0.1, -0.05) is 49.4 Å². The summed E-state index contributed by atoms with van der Waals surface area (Å²) in [5.41, 5.74) is 3.97. The molecule has 0 bridgehead atoms. The molecule has 3 aromatic rings. The molecule has 0 saturated heterocycles. The topological polar surface area (TPSA) is 21.3 Å². The fourth-order valence-corrected chi connectivity index (χ4v) is 4.02. The van der Waals surface area contributed by atoms with Gasteiger partial charge in [0.2, 0.25) is 0 Å². The zero-order valence-corrected chi connectivity index (χ0v) is 15.2. The van der Waals surface area contributed by atoms with Crippen LogP contribution < -0.4 is 10.1 Å². The van der Waals surface area contributed by atoms with Crippen LogP contribution in [-0.2, 0) is 6.61 Å². The van der Waals surface area contributed by atoms with E-state index in [0.29, 0.717) is 12.5 Å². The highest BCUT2D eigenvalue weighted by Crippen LogP contribution is 2.40. The molecule has 0 saturated carbocycles. The van der Waals surface area contributed by atoms with Crippen LogP contribution in [-0.4, -0.2) is 5.54 Å². The van der Waals surface area contributed by atoms with E-state index in [0.717, 1.165) is 12.2 Å². The van der Waals surface area contributed by atoms with Gasteiger partial charge in [0, 0.05) is 11.2 Å². The number of benzene rings is 3. The highest BCUT2D eigenvalue weighted by molar-refractivity contribution is 5.85. The lowest BCUT2D eigenvalue weighted by Gasteiger charge is -2.37. The first-order valence-electron chi connectivity index (χ1n) is 9.03. The van der Waals surface area contributed by atoms with E-state index in [9.17, 15) is 0 Å². The van der Waals surface area contributed by atoms with Crippen LogP contribution in [0.15, 0.2) is 60.7 Å². The predicted octanol–water partition coefficient (Wildman–Crippen LogP) is 6.12. The second-order valence-electron chi connectivity index (χ2n) is 7.79. The minimum Gasteiger partial charge on any atom is -0.489 e. The third kappa shape index (κ3) is 3.21. The minimum atomic E-state index is 0.151. The predicted molar refractivity (Wildman–Crippen MR) is 105 cm³/mol. The molecule has 0 fully saturated rings. The van der Waals surface area contributed by atoms with Crippen LogP contribution in [0, 0.1) is 0 Å². The van der Waals surface area contributed by atoms with E-state index in [2.05, 4.69) is 86.8 Å². The van der Waals surface area contributed by atoms with Crippen LogP contribution in [0.1, 0.15) is 44.2 Å². The molecule has 25 heavy (non-hydrogen) atoms. The van der Waals surface area contributed by atoms with Crippen LogP contribution >= 0.6 is 0 Å². The number of ether oxygens (including phenoxy) is 1. The second kappa shape index (κ2) is 6.11. The summed E-state index contributed by atoms with van der Waals surface area (Å²) in [6.45, 7) is 7.41. The molecule has 0 spiro atoms. The molecule has 1 heterocycles. The summed E-state index contributed by atoms with van der Waals surface area (Å²) in [7, 11) is 0. The normalized spacial score (nSPS) is 18.4. The van der Waals surface area contributed by atoms with Crippen molar-refractivity contribution in [3.63, 3.8) is 0 Å². The number of anilines is 1. The van der Waals surface area contributed by atoms with Crippen molar-refractivity contribution >= 4 is 16.5 Å². The summed E-state index contributed by atoms with van der Waals surface area (Å²) in [6, 6.07) is 21.3. The molecule has 1 aliphatic heterocycles. The van der Waals surface area contributed by atoms with Gasteiger partial charge in [-0.2, -0.15) is 0 Å². The van der Waals surface area contributed by atoms with E-state index in [4.69, 9.17) is 4.74 Å². The van der Waals surface area contributed by atoms with Gasteiger partial charge in [-0.05, 0) is 66.3 Å². The molecule has 2 heteroatoms. The Balaban J connectivity index is 1.57. The van der Waals surface area contributed by atoms with Gasteiger partial charge in [-0.15, -0.1) is 0 Å². The highest BCUT2D eigenvalue weighted by atomic mass is 16.5. The Bertz CT molecular complexity index is 908. The fraction of sp³-hybridized carbons (Fsp3) is 0.304. The van der Waals surface area contributed by atoms with Crippen LogP contribution in [0.25, 0.3) is 10.8 Å². The molecule has 4 rings (SSSR count). The molecule has 0 radical (unpaired) electrons. The Morgan fingerprint density at radius 2 is 1.84 bits per heavy atom. The Hall–Kier alpha value is -2.48. The third-order valence-corrected chi connectivity index (χ3v) is 5.12. The van der Waals surface area contributed by atoms with Crippen LogP contribution in [0.5, 0.6) is 5.75 Å². The molecule has 0 aromatic heterocycles. The van der Waals surface area contributed by atoms with E-state index < -0.39 is 0 Å². The zero-order valence-electron chi connectivity index (χ0n) is 15.2. The average Bonchev–Trinajstić information content (AvgIpc) is 2.59. The first-order valence-corrected chi connectivity index (χ1v) is 9.03. The lowest BCUT2D eigenvalue weighted by molar-refractivity contribution is 0.307. The smallest absolute Gasteiger partial charge is 0.120 e. The summed E-state index contributed by atoms with van der Waals surface area (Å²) < 4.78 is 6.14. The van der Waals surface area contributed by atoms with Crippen molar-refractivity contribution in [2.75, 3.05) is 5.32 Å². The van der Waals surface area contributed by atoms with Gasteiger partial charge in [0.15, 0.2) is 0 Å². The van der Waals surface area contributed by atoms with Crippen molar-refractivity contribution in [3.8, 4) is 5.75 Å². The number of hydrogen-bond donors (Lipinski definition) is 1. The van der Waals surface area contributed by atoms with Gasteiger partial charge < -0.3 is 10.1 Å². The standard InChI is InChI=1S/C23H25NO/c1-16-14-23(2,3)24-22-12-11-19(13-21(16)22)25-15-18-9-6-8-17-7-4-5-10-20(17)18/h4-13,16,24H,14-15H2,1-3H3. The van der Waals surface area contributed by atoms with Crippen LogP contribution in [0.3, 0.4) is 0 Å². The third-order valence-electron chi connectivity index (χ3n) is 5.12. The van der Waals surface area contributed by atoms with Crippen molar-refractivity contribution in [1.29, 1.82) is 0 Å². The minimum absolute atomic E-state index is 0.151.